The van der Waals surface area contributed by atoms with E-state index in [0.29, 0.717) is 0 Å². The van der Waals surface area contributed by atoms with Crippen LogP contribution < -0.4 is 9.44 Å². The highest BCUT2D eigenvalue weighted by molar-refractivity contribution is 7.93. The molecule has 0 atom stereocenters. The highest BCUT2D eigenvalue weighted by Crippen LogP contribution is 2.29. The van der Waals surface area contributed by atoms with Crippen LogP contribution in [0.4, 0.5) is 11.4 Å². The van der Waals surface area contributed by atoms with Crippen molar-refractivity contribution in [2.75, 3.05) is 9.44 Å². The van der Waals surface area contributed by atoms with Gasteiger partial charge in [0, 0.05) is 0 Å². The van der Waals surface area contributed by atoms with Crippen molar-refractivity contribution in [3.8, 4) is 0 Å². The summed E-state index contributed by atoms with van der Waals surface area (Å²) in [5.74, 6) is 0. The molecule has 0 aromatic heterocycles. The van der Waals surface area contributed by atoms with Crippen LogP contribution >= 0.6 is 0 Å². The van der Waals surface area contributed by atoms with Crippen LogP contribution in [-0.2, 0) is 30.2 Å². The second-order valence-electron chi connectivity index (χ2n) is 7.02. The fraction of sp³-hybridized carbons (Fsp3) is 0.100. The summed E-state index contributed by atoms with van der Waals surface area (Å²) in [5.41, 5.74) is 1.05. The normalized spacial score (nSPS) is 12.3. The monoisotopic (exact) mass is 496 g/mol. The first-order chi connectivity index (χ1) is 14.8. The fourth-order valence-electron chi connectivity index (χ4n) is 2.74. The van der Waals surface area contributed by atoms with Crippen molar-refractivity contribution >= 4 is 41.5 Å². The van der Waals surface area contributed by atoms with Crippen molar-refractivity contribution in [3.63, 3.8) is 0 Å². The number of anilines is 2. The molecule has 0 amide bonds. The van der Waals surface area contributed by atoms with Crippen LogP contribution in [0.5, 0.6) is 0 Å². The summed E-state index contributed by atoms with van der Waals surface area (Å²) in [6, 6.07) is 14.8. The predicted octanol–water partition coefficient (Wildman–Crippen LogP) is 3.15. The molecule has 12 heteroatoms. The number of hydrogen-bond acceptors (Lipinski definition) is 6. The van der Waals surface area contributed by atoms with Crippen molar-refractivity contribution in [1.29, 1.82) is 0 Å². The van der Waals surface area contributed by atoms with Crippen LogP contribution in [0.15, 0.2) is 81.4 Å². The van der Waals surface area contributed by atoms with Gasteiger partial charge in [0.1, 0.15) is 4.90 Å². The van der Waals surface area contributed by atoms with E-state index in [1.807, 2.05) is 0 Å². The molecular weight excluding hydrogens is 476 g/mol. The average molecular weight is 497 g/mol. The van der Waals surface area contributed by atoms with Crippen molar-refractivity contribution in [1.82, 2.24) is 0 Å². The van der Waals surface area contributed by atoms with E-state index in [1.165, 1.54) is 30.3 Å². The van der Waals surface area contributed by atoms with E-state index in [1.54, 1.807) is 38.1 Å². The van der Waals surface area contributed by atoms with Crippen LogP contribution in [0.25, 0.3) is 0 Å². The van der Waals surface area contributed by atoms with Gasteiger partial charge < -0.3 is 0 Å². The quantitative estimate of drug-likeness (QED) is 0.426. The largest absolute Gasteiger partial charge is 0.296 e. The summed E-state index contributed by atoms with van der Waals surface area (Å²) in [6.07, 6.45) is 0. The molecule has 0 fully saturated rings. The Morgan fingerprint density at radius 1 is 0.625 bits per heavy atom. The highest BCUT2D eigenvalue weighted by atomic mass is 32.2. The fourth-order valence-corrected chi connectivity index (χ4v) is 5.60. The van der Waals surface area contributed by atoms with Crippen molar-refractivity contribution in [3.05, 3.63) is 77.9 Å². The number of hydrogen-bond donors (Lipinski definition) is 3. The SMILES string of the molecule is Cc1ccc(S(=O)(=O)Nc2ccc(NS(=O)(=O)c3ccc(C)cc3)c(S(=O)(=O)O)c2)cc1. The van der Waals surface area contributed by atoms with Crippen LogP contribution in [0.1, 0.15) is 11.1 Å². The van der Waals surface area contributed by atoms with Gasteiger partial charge in [-0.1, -0.05) is 35.4 Å². The Kier molecular flexibility index (Phi) is 6.33. The van der Waals surface area contributed by atoms with E-state index in [-0.39, 0.29) is 15.5 Å². The molecule has 0 aliphatic carbocycles. The van der Waals surface area contributed by atoms with Gasteiger partial charge in [-0.3, -0.25) is 14.0 Å². The van der Waals surface area contributed by atoms with E-state index in [9.17, 15) is 29.8 Å². The third-order valence-electron chi connectivity index (χ3n) is 4.42. The van der Waals surface area contributed by atoms with Crippen LogP contribution in [0.2, 0.25) is 0 Å². The van der Waals surface area contributed by atoms with E-state index in [4.69, 9.17) is 0 Å². The zero-order valence-corrected chi connectivity index (χ0v) is 19.4. The Balaban J connectivity index is 1.98. The third-order valence-corrected chi connectivity index (χ3v) is 8.09. The summed E-state index contributed by atoms with van der Waals surface area (Å²) in [7, 11) is -13.1. The van der Waals surface area contributed by atoms with Crippen molar-refractivity contribution < 1.29 is 29.8 Å². The molecule has 170 valence electrons. The summed E-state index contributed by atoms with van der Waals surface area (Å²) in [4.78, 5) is -0.980. The summed E-state index contributed by atoms with van der Waals surface area (Å²) >= 11 is 0. The van der Waals surface area contributed by atoms with Crippen molar-refractivity contribution in [2.24, 2.45) is 0 Å². The first-order valence-electron chi connectivity index (χ1n) is 9.08. The lowest BCUT2D eigenvalue weighted by atomic mass is 10.2. The lowest BCUT2D eigenvalue weighted by Crippen LogP contribution is -2.17. The minimum Gasteiger partial charge on any atom is -0.282 e. The van der Waals surface area contributed by atoms with Crippen molar-refractivity contribution in [2.45, 2.75) is 28.5 Å². The minimum absolute atomic E-state index is 0.0549. The topological polar surface area (TPSA) is 147 Å². The molecule has 3 N–H and O–H groups in total. The summed E-state index contributed by atoms with van der Waals surface area (Å²) in [5, 5.41) is 0. The number of nitrogens with one attached hydrogen (secondary N) is 2. The molecule has 32 heavy (non-hydrogen) atoms. The molecule has 0 bridgehead atoms. The highest BCUT2D eigenvalue weighted by Gasteiger charge is 2.23. The van der Waals surface area contributed by atoms with Crippen LogP contribution in [0.3, 0.4) is 0 Å². The minimum atomic E-state index is -4.90. The predicted molar refractivity (Wildman–Crippen MR) is 120 cm³/mol. The van der Waals surface area contributed by atoms with Gasteiger partial charge in [-0.15, -0.1) is 0 Å². The van der Waals surface area contributed by atoms with E-state index in [2.05, 4.69) is 9.44 Å². The second kappa shape index (κ2) is 8.54. The van der Waals surface area contributed by atoms with Gasteiger partial charge >= 0.3 is 0 Å². The molecule has 0 radical (unpaired) electrons. The maximum absolute atomic E-state index is 12.6. The van der Waals surface area contributed by atoms with Gasteiger partial charge in [0.15, 0.2) is 0 Å². The third kappa shape index (κ3) is 5.46. The van der Waals surface area contributed by atoms with Gasteiger partial charge in [0.25, 0.3) is 30.2 Å². The number of aryl methyl sites for hydroxylation is 2. The summed E-state index contributed by atoms with van der Waals surface area (Å²) < 4.78 is 88.1. The Hall–Kier alpha value is -2.93. The molecular formula is C20H20N2O7S3. The molecule has 0 saturated heterocycles. The molecule has 0 aliphatic rings. The molecule has 0 heterocycles. The summed E-state index contributed by atoms with van der Waals surface area (Å²) in [6.45, 7) is 3.56. The zero-order valence-electron chi connectivity index (χ0n) is 17.0. The average Bonchev–Trinajstić information content (AvgIpc) is 2.68. The molecule has 3 rings (SSSR count). The number of rotatable bonds is 7. The Morgan fingerprint density at radius 3 is 1.50 bits per heavy atom. The van der Waals surface area contributed by atoms with E-state index < -0.39 is 40.7 Å². The smallest absolute Gasteiger partial charge is 0.282 e. The van der Waals surface area contributed by atoms with Gasteiger partial charge in [0.2, 0.25) is 0 Å². The maximum atomic E-state index is 12.6. The molecule has 0 aliphatic heterocycles. The first-order valence-corrected chi connectivity index (χ1v) is 13.5. The Labute approximate surface area is 187 Å². The van der Waals surface area contributed by atoms with Gasteiger partial charge in [-0.2, -0.15) is 8.42 Å². The Bertz CT molecular complexity index is 1460. The molecule has 0 spiro atoms. The molecule has 0 unspecified atom stereocenters. The van der Waals surface area contributed by atoms with Gasteiger partial charge in [-0.05, 0) is 56.3 Å². The molecule has 0 saturated carbocycles. The maximum Gasteiger partial charge on any atom is 0.296 e. The van der Waals surface area contributed by atoms with Crippen LogP contribution in [0, 0.1) is 13.8 Å². The molecule has 3 aromatic rings. The standard InChI is InChI=1S/C20H20N2O7S3/c1-14-3-8-17(9-4-14)30(23,24)21-16-7-12-19(20(13-16)32(27,28)29)22-31(25,26)18-10-5-15(2)6-11-18/h3-13,21-22H,1-2H3,(H,27,28,29). The van der Waals surface area contributed by atoms with Gasteiger partial charge in [-0.25, -0.2) is 16.8 Å². The number of benzene rings is 3. The first kappa shape index (κ1) is 23.7. The Morgan fingerprint density at radius 2 is 1.06 bits per heavy atom. The molecule has 9 nitrogen and oxygen atoms in total. The van der Waals surface area contributed by atoms with Gasteiger partial charge in [0.05, 0.1) is 21.2 Å². The van der Waals surface area contributed by atoms with Crippen LogP contribution in [-0.4, -0.2) is 29.8 Å². The molecule has 3 aromatic carbocycles. The lowest BCUT2D eigenvalue weighted by Gasteiger charge is -2.14. The lowest BCUT2D eigenvalue weighted by molar-refractivity contribution is 0.483. The second-order valence-corrected chi connectivity index (χ2v) is 11.8. The van der Waals surface area contributed by atoms with E-state index in [0.717, 1.165) is 23.3 Å². The number of sulfonamides is 2. The zero-order chi connectivity index (χ0) is 23.7. The van der Waals surface area contributed by atoms with E-state index >= 15 is 0 Å².